The molecule has 0 radical (unpaired) electrons. The van der Waals surface area contributed by atoms with Crippen molar-refractivity contribution in [1.29, 1.82) is 0 Å². The summed E-state index contributed by atoms with van der Waals surface area (Å²) in [5, 5.41) is 4.95. The zero-order chi connectivity index (χ0) is 16.6. The van der Waals surface area contributed by atoms with E-state index in [0.29, 0.717) is 23.7 Å². The van der Waals surface area contributed by atoms with E-state index in [1.165, 1.54) is 4.88 Å². The summed E-state index contributed by atoms with van der Waals surface area (Å²) in [6, 6.07) is 17.0. The molecule has 1 amide bonds. The molecule has 0 atom stereocenters. The first-order valence-electron chi connectivity index (χ1n) is 7.81. The normalized spacial score (nSPS) is 10.3. The number of nitrogens with one attached hydrogen (secondary N) is 1. The van der Waals surface area contributed by atoms with Crippen LogP contribution in [0.15, 0.2) is 66.2 Å². The Morgan fingerprint density at radius 1 is 1.12 bits per heavy atom. The van der Waals surface area contributed by atoms with Gasteiger partial charge < -0.3 is 10.1 Å². The molecule has 2 aromatic heterocycles. The second kappa shape index (κ2) is 8.26. The Labute approximate surface area is 145 Å². The molecule has 2 heterocycles. The Balaban J connectivity index is 1.51. The lowest BCUT2D eigenvalue weighted by molar-refractivity contribution is -0.116. The highest BCUT2D eigenvalue weighted by molar-refractivity contribution is 7.09. The van der Waals surface area contributed by atoms with Gasteiger partial charge in [-0.15, -0.1) is 11.3 Å². The average molecular weight is 338 g/mol. The van der Waals surface area contributed by atoms with Gasteiger partial charge in [0.1, 0.15) is 5.75 Å². The zero-order valence-electron chi connectivity index (χ0n) is 13.1. The van der Waals surface area contributed by atoms with Crippen LogP contribution in [0.1, 0.15) is 17.7 Å². The highest BCUT2D eigenvalue weighted by atomic mass is 32.1. The Kier molecular flexibility index (Phi) is 5.58. The Hall–Kier alpha value is -2.66. The van der Waals surface area contributed by atoms with Gasteiger partial charge in [-0.3, -0.25) is 4.79 Å². The summed E-state index contributed by atoms with van der Waals surface area (Å²) in [7, 11) is 0. The van der Waals surface area contributed by atoms with Crippen LogP contribution < -0.4 is 10.1 Å². The third kappa shape index (κ3) is 4.93. The molecule has 0 aliphatic heterocycles. The van der Waals surface area contributed by atoms with E-state index >= 15 is 0 Å². The molecule has 0 unspecified atom stereocenters. The van der Waals surface area contributed by atoms with Crippen molar-refractivity contribution in [1.82, 2.24) is 4.98 Å². The molecule has 0 saturated heterocycles. The van der Waals surface area contributed by atoms with Crippen molar-refractivity contribution in [2.45, 2.75) is 19.3 Å². The molecule has 0 saturated carbocycles. The second-order valence-corrected chi connectivity index (χ2v) is 6.31. The van der Waals surface area contributed by atoms with Crippen molar-refractivity contribution < 1.29 is 9.53 Å². The van der Waals surface area contributed by atoms with Crippen molar-refractivity contribution >= 4 is 22.9 Å². The molecule has 0 aliphatic rings. The van der Waals surface area contributed by atoms with Crippen LogP contribution in [0.3, 0.4) is 0 Å². The average Bonchev–Trinajstić information content (AvgIpc) is 3.09. The first kappa shape index (κ1) is 16.2. The highest BCUT2D eigenvalue weighted by Crippen LogP contribution is 2.21. The Morgan fingerprint density at radius 2 is 2.00 bits per heavy atom. The van der Waals surface area contributed by atoms with E-state index < -0.39 is 0 Å². The van der Waals surface area contributed by atoms with Gasteiger partial charge >= 0.3 is 0 Å². The van der Waals surface area contributed by atoms with E-state index in [-0.39, 0.29) is 5.91 Å². The summed E-state index contributed by atoms with van der Waals surface area (Å²) in [5.41, 5.74) is 0.692. The molecule has 122 valence electrons. The lowest BCUT2D eigenvalue weighted by atomic mass is 10.2. The van der Waals surface area contributed by atoms with Gasteiger partial charge in [0, 0.05) is 29.2 Å². The lowest BCUT2D eigenvalue weighted by Gasteiger charge is -2.08. The molecular formula is C19H18N2O2S. The van der Waals surface area contributed by atoms with Gasteiger partial charge in [0.25, 0.3) is 0 Å². The molecule has 3 rings (SSSR count). The third-order valence-electron chi connectivity index (χ3n) is 3.39. The number of carbonyl (C=O) groups is 1. The van der Waals surface area contributed by atoms with E-state index in [1.54, 1.807) is 29.7 Å². The maximum Gasteiger partial charge on any atom is 0.224 e. The summed E-state index contributed by atoms with van der Waals surface area (Å²) < 4.78 is 5.67. The SMILES string of the molecule is O=C(CCCc1cccs1)Nc1ccnc(Oc2ccccc2)c1. The molecule has 0 aliphatic carbocycles. The van der Waals surface area contributed by atoms with E-state index in [2.05, 4.69) is 21.7 Å². The molecule has 3 aromatic rings. The van der Waals surface area contributed by atoms with Gasteiger partial charge in [0.15, 0.2) is 0 Å². The molecule has 1 aromatic carbocycles. The molecule has 0 bridgehead atoms. The summed E-state index contributed by atoms with van der Waals surface area (Å²) in [5.74, 6) is 1.17. The molecule has 1 N–H and O–H groups in total. The number of thiophene rings is 1. The van der Waals surface area contributed by atoms with Gasteiger partial charge in [-0.2, -0.15) is 0 Å². The highest BCUT2D eigenvalue weighted by Gasteiger charge is 2.05. The predicted octanol–water partition coefficient (Wildman–Crippen LogP) is 4.90. The standard InChI is InChI=1S/C19H18N2O2S/c22-18(10-4-8-17-9-5-13-24-17)21-15-11-12-20-19(14-15)23-16-6-2-1-3-7-16/h1-3,5-7,9,11-14H,4,8,10H2,(H,20,21,22). The first-order valence-corrected chi connectivity index (χ1v) is 8.69. The Bertz CT molecular complexity index is 773. The number of aryl methyl sites for hydroxylation is 1. The quantitative estimate of drug-likeness (QED) is 0.667. The first-order chi connectivity index (χ1) is 11.8. The fourth-order valence-electron chi connectivity index (χ4n) is 2.25. The molecule has 24 heavy (non-hydrogen) atoms. The number of pyridine rings is 1. The van der Waals surface area contributed by atoms with Crippen LogP contribution in [-0.4, -0.2) is 10.9 Å². The smallest absolute Gasteiger partial charge is 0.224 e. The van der Waals surface area contributed by atoms with Crippen molar-refractivity contribution in [3.8, 4) is 11.6 Å². The molecule has 4 nitrogen and oxygen atoms in total. The number of aromatic nitrogens is 1. The summed E-state index contributed by atoms with van der Waals surface area (Å²) in [6.07, 6.45) is 3.89. The number of benzene rings is 1. The molecular weight excluding hydrogens is 320 g/mol. The number of amides is 1. The van der Waals surface area contributed by atoms with Gasteiger partial charge in [-0.1, -0.05) is 24.3 Å². The topological polar surface area (TPSA) is 51.2 Å². The minimum absolute atomic E-state index is 0.00316. The molecule has 0 spiro atoms. The van der Waals surface area contributed by atoms with Crippen LogP contribution in [0.25, 0.3) is 0 Å². The number of hydrogen-bond acceptors (Lipinski definition) is 4. The van der Waals surface area contributed by atoms with Crippen molar-refractivity contribution in [2.24, 2.45) is 0 Å². The summed E-state index contributed by atoms with van der Waals surface area (Å²) in [6.45, 7) is 0. The van der Waals surface area contributed by atoms with Crippen LogP contribution in [0.2, 0.25) is 0 Å². The summed E-state index contributed by atoms with van der Waals surface area (Å²) in [4.78, 5) is 17.5. The minimum Gasteiger partial charge on any atom is -0.439 e. The summed E-state index contributed by atoms with van der Waals surface area (Å²) >= 11 is 1.72. The fraction of sp³-hybridized carbons (Fsp3) is 0.158. The van der Waals surface area contributed by atoms with E-state index in [0.717, 1.165) is 12.8 Å². The van der Waals surface area contributed by atoms with Crippen LogP contribution >= 0.6 is 11.3 Å². The number of carbonyl (C=O) groups excluding carboxylic acids is 1. The van der Waals surface area contributed by atoms with Crippen molar-refractivity contribution in [2.75, 3.05) is 5.32 Å². The van der Waals surface area contributed by atoms with Gasteiger partial charge in [-0.05, 0) is 42.5 Å². The van der Waals surface area contributed by atoms with Gasteiger partial charge in [-0.25, -0.2) is 4.98 Å². The fourth-order valence-corrected chi connectivity index (χ4v) is 3.01. The maximum atomic E-state index is 12.0. The lowest BCUT2D eigenvalue weighted by Crippen LogP contribution is -2.11. The second-order valence-electron chi connectivity index (χ2n) is 5.28. The van der Waals surface area contributed by atoms with Gasteiger partial charge in [0.05, 0.1) is 0 Å². The third-order valence-corrected chi connectivity index (χ3v) is 4.33. The van der Waals surface area contributed by atoms with Crippen LogP contribution in [0.5, 0.6) is 11.6 Å². The maximum absolute atomic E-state index is 12.0. The predicted molar refractivity (Wildman–Crippen MR) is 96.6 cm³/mol. The number of nitrogens with zero attached hydrogens (tertiary/aromatic N) is 1. The van der Waals surface area contributed by atoms with Crippen molar-refractivity contribution in [3.63, 3.8) is 0 Å². The number of ether oxygens (including phenoxy) is 1. The van der Waals surface area contributed by atoms with Crippen molar-refractivity contribution in [3.05, 3.63) is 71.1 Å². The number of hydrogen-bond donors (Lipinski definition) is 1. The van der Waals surface area contributed by atoms with E-state index in [1.807, 2.05) is 36.4 Å². The van der Waals surface area contributed by atoms with E-state index in [9.17, 15) is 4.79 Å². The van der Waals surface area contributed by atoms with Crippen LogP contribution in [0.4, 0.5) is 5.69 Å². The number of rotatable bonds is 7. The van der Waals surface area contributed by atoms with Gasteiger partial charge in [0.2, 0.25) is 11.8 Å². The minimum atomic E-state index is 0.00316. The van der Waals surface area contributed by atoms with Crippen LogP contribution in [0, 0.1) is 0 Å². The number of anilines is 1. The molecule has 5 heteroatoms. The largest absolute Gasteiger partial charge is 0.439 e. The monoisotopic (exact) mass is 338 g/mol. The van der Waals surface area contributed by atoms with Crippen LogP contribution in [-0.2, 0) is 11.2 Å². The molecule has 0 fully saturated rings. The number of para-hydroxylation sites is 1. The van der Waals surface area contributed by atoms with E-state index in [4.69, 9.17) is 4.74 Å². The Morgan fingerprint density at radius 3 is 2.79 bits per heavy atom. The zero-order valence-corrected chi connectivity index (χ0v) is 14.0.